The van der Waals surface area contributed by atoms with Crippen molar-refractivity contribution in [3.05, 3.63) is 31.9 Å². The van der Waals surface area contributed by atoms with E-state index in [1.54, 1.807) is 17.6 Å². The maximum absolute atomic E-state index is 13.4. The number of aromatic nitrogens is 1. The number of pyridine rings is 1. The molecule has 0 aromatic carbocycles. The van der Waals surface area contributed by atoms with Crippen molar-refractivity contribution in [2.45, 2.75) is 46.2 Å². The van der Waals surface area contributed by atoms with Crippen molar-refractivity contribution in [1.82, 2.24) is 14.4 Å². The minimum atomic E-state index is -3.18. The fraction of sp³-hybridized carbons (Fsp3) is 0.583. The van der Waals surface area contributed by atoms with Gasteiger partial charge in [0, 0.05) is 38.3 Å². The molecule has 0 aliphatic carbocycles. The zero-order chi connectivity index (χ0) is 26.2. The van der Waals surface area contributed by atoms with Gasteiger partial charge < -0.3 is 9.80 Å². The second-order valence-corrected chi connectivity index (χ2v) is 13.2. The van der Waals surface area contributed by atoms with E-state index in [0.29, 0.717) is 39.7 Å². The molecule has 36 heavy (non-hydrogen) atoms. The first-order valence-corrected chi connectivity index (χ1v) is 15.3. The van der Waals surface area contributed by atoms with Crippen LogP contribution in [-0.2, 0) is 21.2 Å². The molecule has 9 nitrogen and oxygen atoms in total. The van der Waals surface area contributed by atoms with Gasteiger partial charge in [0.05, 0.1) is 22.5 Å². The van der Waals surface area contributed by atoms with Crippen molar-refractivity contribution >= 4 is 55.9 Å². The van der Waals surface area contributed by atoms with Crippen molar-refractivity contribution in [3.8, 4) is 6.07 Å². The molecule has 4 rings (SSSR count). The monoisotopic (exact) mass is 549 g/mol. The number of thioether (sulfide) groups is 1. The molecule has 3 fully saturated rings. The lowest BCUT2D eigenvalue weighted by molar-refractivity contribution is -0.123. The second-order valence-electron chi connectivity index (χ2n) is 9.34. The first-order chi connectivity index (χ1) is 17.1. The molecule has 12 heteroatoms. The number of carbonyl (C=O) groups is 1. The van der Waals surface area contributed by atoms with Gasteiger partial charge in [0.25, 0.3) is 11.5 Å². The Labute approximate surface area is 221 Å². The molecule has 3 aliphatic heterocycles. The first kappa shape index (κ1) is 26.9. The number of carbonyl (C=O) groups excluding carboxylic acids is 1. The Bertz CT molecular complexity index is 1320. The third kappa shape index (κ3) is 4.98. The third-order valence-corrected chi connectivity index (χ3v) is 10.2. The molecule has 0 bridgehead atoms. The van der Waals surface area contributed by atoms with Crippen molar-refractivity contribution in [1.29, 1.82) is 5.26 Å². The number of rotatable bonds is 6. The number of amides is 1. The van der Waals surface area contributed by atoms with Gasteiger partial charge in [-0.15, -0.1) is 0 Å². The molecular formula is C24H31N5O4S3. The SMILES string of the molecule is CCCn1c(N2CCN(CC)CC2)c(C=C2SC(=S)N(C3CCS(=O)(=O)C3)C2=O)c(C)c(C#N)c1=O. The van der Waals surface area contributed by atoms with Gasteiger partial charge in [-0.05, 0) is 37.9 Å². The summed E-state index contributed by atoms with van der Waals surface area (Å²) in [7, 11) is -3.18. The molecule has 1 amide bonds. The Hall–Kier alpha value is -2.20. The van der Waals surface area contributed by atoms with Crippen molar-refractivity contribution in [2.24, 2.45) is 0 Å². The molecule has 0 saturated carbocycles. The summed E-state index contributed by atoms with van der Waals surface area (Å²) < 4.78 is 26.0. The van der Waals surface area contributed by atoms with Gasteiger partial charge in [0.2, 0.25) is 0 Å². The van der Waals surface area contributed by atoms with Crippen molar-refractivity contribution in [3.63, 3.8) is 0 Å². The summed E-state index contributed by atoms with van der Waals surface area (Å²) in [5.41, 5.74) is 0.967. The van der Waals surface area contributed by atoms with Gasteiger partial charge in [0.1, 0.15) is 21.8 Å². The smallest absolute Gasteiger partial charge is 0.270 e. The highest BCUT2D eigenvalue weighted by molar-refractivity contribution is 8.26. The summed E-state index contributed by atoms with van der Waals surface area (Å²) in [6.45, 7) is 10.4. The van der Waals surface area contributed by atoms with E-state index >= 15 is 0 Å². The molecule has 3 aliphatic rings. The second kappa shape index (κ2) is 10.7. The van der Waals surface area contributed by atoms with Crippen LogP contribution < -0.4 is 10.5 Å². The number of nitrogens with zero attached hydrogens (tertiary/aromatic N) is 5. The van der Waals surface area contributed by atoms with E-state index in [2.05, 4.69) is 22.8 Å². The summed E-state index contributed by atoms with van der Waals surface area (Å²) in [6, 6.07) is 1.61. The van der Waals surface area contributed by atoms with Crippen LogP contribution >= 0.6 is 24.0 Å². The number of thiocarbonyl (C=S) groups is 1. The summed E-state index contributed by atoms with van der Waals surface area (Å²) in [5, 5.41) is 9.81. The summed E-state index contributed by atoms with van der Waals surface area (Å²) in [5.74, 6) is 0.371. The van der Waals surface area contributed by atoms with E-state index in [-0.39, 0.29) is 28.5 Å². The van der Waals surface area contributed by atoms with Gasteiger partial charge in [-0.3, -0.25) is 19.1 Å². The summed E-state index contributed by atoms with van der Waals surface area (Å²) in [6.07, 6.45) is 2.83. The number of piperazine rings is 1. The van der Waals surface area contributed by atoms with E-state index in [9.17, 15) is 23.3 Å². The van der Waals surface area contributed by atoms with Crippen LogP contribution in [0.25, 0.3) is 6.08 Å². The summed E-state index contributed by atoms with van der Waals surface area (Å²) in [4.78, 5) is 33.1. The maximum atomic E-state index is 13.4. The molecule has 1 aromatic heterocycles. The molecule has 0 radical (unpaired) electrons. The molecule has 3 saturated heterocycles. The quantitative estimate of drug-likeness (QED) is 0.389. The van der Waals surface area contributed by atoms with E-state index in [1.165, 1.54) is 4.90 Å². The molecule has 0 N–H and O–H groups in total. The average Bonchev–Trinajstić information content (AvgIpc) is 3.34. The highest BCUT2D eigenvalue weighted by Gasteiger charge is 2.42. The fourth-order valence-corrected chi connectivity index (χ4v) is 8.18. The average molecular weight is 550 g/mol. The minimum Gasteiger partial charge on any atom is -0.355 e. The first-order valence-electron chi connectivity index (χ1n) is 12.2. The van der Waals surface area contributed by atoms with Gasteiger partial charge in [0.15, 0.2) is 9.84 Å². The number of anilines is 1. The third-order valence-electron chi connectivity index (χ3n) is 7.09. The lowest BCUT2D eigenvalue weighted by Gasteiger charge is -2.37. The largest absolute Gasteiger partial charge is 0.355 e. The minimum absolute atomic E-state index is 0.0499. The fourth-order valence-electron chi connectivity index (χ4n) is 5.10. The number of hydrogen-bond donors (Lipinski definition) is 0. The van der Waals surface area contributed by atoms with Crippen LogP contribution in [-0.4, -0.2) is 83.3 Å². The Morgan fingerprint density at radius 3 is 2.44 bits per heavy atom. The number of hydrogen-bond acceptors (Lipinski definition) is 9. The van der Waals surface area contributed by atoms with E-state index in [4.69, 9.17) is 12.2 Å². The van der Waals surface area contributed by atoms with Crippen LogP contribution in [0.2, 0.25) is 0 Å². The van der Waals surface area contributed by atoms with Crippen LogP contribution in [0, 0.1) is 18.3 Å². The summed E-state index contributed by atoms with van der Waals surface area (Å²) >= 11 is 6.63. The van der Waals surface area contributed by atoms with Crippen LogP contribution in [0.3, 0.4) is 0 Å². The Balaban J connectivity index is 1.82. The predicted molar refractivity (Wildman–Crippen MR) is 147 cm³/mol. The number of nitriles is 1. The van der Waals surface area contributed by atoms with Gasteiger partial charge in [-0.2, -0.15) is 5.26 Å². The lowest BCUT2D eigenvalue weighted by Crippen LogP contribution is -2.48. The lowest BCUT2D eigenvalue weighted by atomic mass is 10.0. The molecule has 1 aromatic rings. The van der Waals surface area contributed by atoms with Crippen molar-refractivity contribution < 1.29 is 13.2 Å². The van der Waals surface area contributed by atoms with Crippen LogP contribution in [0.5, 0.6) is 0 Å². The molecule has 4 heterocycles. The highest BCUT2D eigenvalue weighted by Crippen LogP contribution is 2.38. The highest BCUT2D eigenvalue weighted by atomic mass is 32.2. The Morgan fingerprint density at radius 1 is 1.19 bits per heavy atom. The molecule has 1 atom stereocenters. The number of likely N-dealkylation sites (N-methyl/N-ethyl adjacent to an activating group) is 1. The van der Waals surface area contributed by atoms with E-state index < -0.39 is 15.9 Å². The zero-order valence-corrected chi connectivity index (χ0v) is 23.3. The van der Waals surface area contributed by atoms with Gasteiger partial charge >= 0.3 is 0 Å². The zero-order valence-electron chi connectivity index (χ0n) is 20.8. The standard InChI is InChI=1S/C24H31N5O4S3/c1-4-7-28-21(27-10-8-26(5-2)9-11-27)18(16(3)19(14-25)22(28)30)13-20-23(31)29(24(34)35-20)17-6-12-36(32,33)15-17/h13,17H,4-12,15H2,1-3H3. The maximum Gasteiger partial charge on any atom is 0.270 e. The number of sulfone groups is 1. The van der Waals surface area contributed by atoms with E-state index in [1.807, 2.05) is 6.92 Å². The van der Waals surface area contributed by atoms with Crippen LogP contribution in [0.4, 0.5) is 5.82 Å². The van der Waals surface area contributed by atoms with Gasteiger partial charge in [-0.25, -0.2) is 8.42 Å². The Kier molecular flexibility index (Phi) is 7.95. The normalized spacial score (nSPS) is 23.6. The molecule has 194 valence electrons. The van der Waals surface area contributed by atoms with Crippen LogP contribution in [0.1, 0.15) is 43.4 Å². The van der Waals surface area contributed by atoms with Gasteiger partial charge in [-0.1, -0.05) is 37.8 Å². The molecular weight excluding hydrogens is 518 g/mol. The molecule has 0 spiro atoms. The van der Waals surface area contributed by atoms with E-state index in [0.717, 1.165) is 50.3 Å². The predicted octanol–water partition coefficient (Wildman–Crippen LogP) is 1.97. The Morgan fingerprint density at radius 2 is 1.89 bits per heavy atom. The topological polar surface area (TPSA) is 107 Å². The van der Waals surface area contributed by atoms with Crippen molar-refractivity contribution in [2.75, 3.05) is 49.1 Å². The van der Waals surface area contributed by atoms with Crippen LogP contribution in [0.15, 0.2) is 9.70 Å². The molecule has 1 unspecified atom stereocenters.